The number of benzene rings is 3. The van der Waals surface area contributed by atoms with Crippen LogP contribution < -0.4 is 0 Å². The van der Waals surface area contributed by atoms with Gasteiger partial charge in [0.05, 0.1) is 0 Å². The van der Waals surface area contributed by atoms with Gasteiger partial charge in [0.2, 0.25) is 0 Å². The second-order valence-electron chi connectivity index (χ2n) is 6.33. The predicted molar refractivity (Wildman–Crippen MR) is 105 cm³/mol. The molecule has 1 unspecified atom stereocenters. The maximum Gasteiger partial charge on any atom is 0.0445 e. The Balaban J connectivity index is 1.99. The summed E-state index contributed by atoms with van der Waals surface area (Å²) in [4.78, 5) is 2.65. The Bertz CT molecular complexity index is 1200. The number of rotatable bonds is 0. The number of hydrogen-bond donors (Lipinski definition) is 1. The van der Waals surface area contributed by atoms with Crippen molar-refractivity contribution in [1.82, 2.24) is 0 Å². The molecule has 1 aliphatic heterocycles. The Morgan fingerprint density at radius 3 is 2.39 bits per heavy atom. The average Bonchev–Trinajstić information content (AvgIpc) is 3.02. The maximum atomic E-state index is 6.59. The van der Waals surface area contributed by atoms with Crippen LogP contribution >= 0.6 is 21.6 Å². The molecule has 1 atom stereocenters. The molecule has 23 heavy (non-hydrogen) atoms. The summed E-state index contributed by atoms with van der Waals surface area (Å²) in [5.41, 5.74) is 11.9. The van der Waals surface area contributed by atoms with Crippen molar-refractivity contribution in [3.05, 3.63) is 59.7 Å². The van der Waals surface area contributed by atoms with Crippen LogP contribution in [0.1, 0.15) is 11.1 Å². The highest BCUT2D eigenvalue weighted by molar-refractivity contribution is 8.07. The molecule has 0 nitrogen and oxygen atoms in total. The number of fused-ring (bicyclic) bond motifs is 7. The lowest BCUT2D eigenvalue weighted by Crippen LogP contribution is -1.79. The molecule has 0 bridgehead atoms. The normalized spacial score (nSPS) is 16.0. The fourth-order valence-electron chi connectivity index (χ4n) is 3.59. The van der Waals surface area contributed by atoms with Crippen LogP contribution in [0, 0.1) is 19.5 Å². The van der Waals surface area contributed by atoms with E-state index >= 15 is 0 Å². The third-order valence-corrected chi connectivity index (χ3v) is 7.70. The van der Waals surface area contributed by atoms with Crippen LogP contribution in [0.2, 0.25) is 0 Å². The van der Waals surface area contributed by atoms with Gasteiger partial charge in [-0.1, -0.05) is 35.9 Å². The largest absolute Gasteiger partial charge is 0.148 e. The highest BCUT2D eigenvalue weighted by Crippen LogP contribution is 2.55. The third-order valence-electron chi connectivity index (χ3n) is 4.72. The summed E-state index contributed by atoms with van der Waals surface area (Å²) >= 11 is 1.91. The molecule has 0 spiro atoms. The minimum Gasteiger partial charge on any atom is -0.148 e. The topological polar surface area (TPSA) is 0 Å². The second-order valence-corrected chi connectivity index (χ2v) is 9.08. The number of thiophene rings is 1. The van der Waals surface area contributed by atoms with E-state index < -0.39 is 10.3 Å². The van der Waals surface area contributed by atoms with Crippen molar-refractivity contribution in [2.24, 2.45) is 0 Å². The van der Waals surface area contributed by atoms with Gasteiger partial charge in [0.1, 0.15) is 0 Å². The van der Waals surface area contributed by atoms with Gasteiger partial charge in [-0.2, -0.15) is 0 Å². The van der Waals surface area contributed by atoms with Crippen LogP contribution in [0.4, 0.5) is 0 Å². The molecule has 0 saturated heterocycles. The Labute approximate surface area is 142 Å². The molecule has 0 saturated carbocycles. The first-order valence-corrected chi connectivity index (χ1v) is 9.98. The minimum atomic E-state index is -0.711. The molecule has 112 valence electrons. The van der Waals surface area contributed by atoms with Gasteiger partial charge in [-0.15, -0.1) is 27.3 Å². The lowest BCUT2D eigenvalue weighted by molar-refractivity contribution is 1.39. The zero-order chi connectivity index (χ0) is 15.7. The van der Waals surface area contributed by atoms with E-state index in [0.29, 0.717) is 0 Å². The van der Waals surface area contributed by atoms with Crippen LogP contribution in [0.3, 0.4) is 0 Å². The lowest BCUT2D eigenvalue weighted by Gasteiger charge is -2.03. The summed E-state index contributed by atoms with van der Waals surface area (Å²) < 4.78 is 2.77. The molecule has 2 heterocycles. The first-order valence-electron chi connectivity index (χ1n) is 7.75. The van der Waals surface area contributed by atoms with Gasteiger partial charge < -0.3 is 0 Å². The molecule has 1 aromatic heterocycles. The van der Waals surface area contributed by atoms with Gasteiger partial charge in [-0.3, -0.25) is 0 Å². The molecule has 0 radical (unpaired) electrons. The van der Waals surface area contributed by atoms with E-state index in [9.17, 15) is 0 Å². The van der Waals surface area contributed by atoms with Crippen LogP contribution in [0.25, 0.3) is 31.3 Å². The van der Waals surface area contributed by atoms with Gasteiger partial charge in [-0.25, -0.2) is 0 Å². The Hall–Kier alpha value is -1.99. The van der Waals surface area contributed by atoms with E-state index in [-0.39, 0.29) is 0 Å². The average molecular weight is 332 g/mol. The molecule has 5 rings (SSSR count). The monoisotopic (exact) mass is 332 g/mol. The summed E-state index contributed by atoms with van der Waals surface area (Å²) in [5, 5.41) is 2.72. The van der Waals surface area contributed by atoms with Crippen molar-refractivity contribution in [1.29, 1.82) is 0 Å². The van der Waals surface area contributed by atoms with Gasteiger partial charge >= 0.3 is 0 Å². The molecule has 4 aromatic rings. The van der Waals surface area contributed by atoms with Gasteiger partial charge in [0.15, 0.2) is 0 Å². The SMILES string of the molecule is C#[SH]1c2ccc(C)cc2-c2c1ccc1c2sc2cc(C)ccc21. The maximum absolute atomic E-state index is 6.59. The van der Waals surface area contributed by atoms with Crippen LogP contribution in [0.15, 0.2) is 58.3 Å². The molecule has 0 N–H and O–H groups in total. The Morgan fingerprint density at radius 1 is 0.826 bits per heavy atom. The standard InChI is InChI=1S/C21H16S2/c1-12-5-8-18-16(10-12)20-19(23(18)3)9-7-15-14-6-4-13(2)11-17(14)22-21(15)20/h3-11,23H,1-2H3. The van der Waals surface area contributed by atoms with E-state index in [0.717, 1.165) is 0 Å². The summed E-state index contributed by atoms with van der Waals surface area (Å²) in [6.45, 7) is 4.32. The molecular formula is C21H16S2. The lowest BCUT2D eigenvalue weighted by atomic mass is 10.0. The molecule has 2 heteroatoms. The molecule has 0 aliphatic carbocycles. The van der Waals surface area contributed by atoms with Crippen LogP contribution in [-0.4, -0.2) is 0 Å². The molecular weight excluding hydrogens is 316 g/mol. The number of hydrogen-bond acceptors (Lipinski definition) is 1. The van der Waals surface area contributed by atoms with Gasteiger partial charge in [-0.05, 0) is 43.2 Å². The fourth-order valence-corrected chi connectivity index (χ4v) is 6.66. The summed E-state index contributed by atoms with van der Waals surface area (Å²) in [6.07, 6.45) is 0. The van der Waals surface area contributed by atoms with Gasteiger partial charge in [0, 0.05) is 35.5 Å². The third kappa shape index (κ3) is 1.74. The van der Waals surface area contributed by atoms with Crippen LogP contribution in [0.5, 0.6) is 0 Å². The van der Waals surface area contributed by atoms with E-state index in [2.05, 4.69) is 62.4 Å². The number of thiol groups is 1. The summed E-state index contributed by atoms with van der Waals surface area (Å²) in [7, 11) is -0.711. The summed E-state index contributed by atoms with van der Waals surface area (Å²) in [5.74, 6) is 0. The molecule has 3 aromatic carbocycles. The first-order chi connectivity index (χ1) is 11.1. The van der Waals surface area contributed by atoms with Crippen molar-refractivity contribution in [3.63, 3.8) is 0 Å². The Morgan fingerprint density at radius 2 is 1.52 bits per heavy atom. The molecule has 1 aliphatic rings. The van der Waals surface area contributed by atoms with Crippen LogP contribution in [-0.2, 0) is 0 Å². The van der Waals surface area contributed by atoms with Crippen molar-refractivity contribution in [2.75, 3.05) is 0 Å². The highest BCUT2D eigenvalue weighted by atomic mass is 32.2. The van der Waals surface area contributed by atoms with E-state index in [4.69, 9.17) is 5.69 Å². The molecule has 0 fully saturated rings. The first kappa shape index (κ1) is 13.4. The van der Waals surface area contributed by atoms with Crippen molar-refractivity contribution >= 4 is 41.8 Å². The number of aryl methyl sites for hydroxylation is 2. The Kier molecular flexibility index (Phi) is 2.64. The fraction of sp³-hybridized carbons (Fsp3) is 0.0952. The summed E-state index contributed by atoms with van der Waals surface area (Å²) in [6, 6.07) is 18.0. The van der Waals surface area contributed by atoms with E-state index in [1.165, 1.54) is 52.2 Å². The highest BCUT2D eigenvalue weighted by Gasteiger charge is 2.24. The van der Waals surface area contributed by atoms with E-state index in [1.807, 2.05) is 11.3 Å². The van der Waals surface area contributed by atoms with Gasteiger partial charge in [0.25, 0.3) is 0 Å². The minimum absolute atomic E-state index is 0.711. The zero-order valence-corrected chi connectivity index (χ0v) is 14.8. The smallest absolute Gasteiger partial charge is 0.0445 e. The quantitative estimate of drug-likeness (QED) is 0.301. The van der Waals surface area contributed by atoms with Crippen molar-refractivity contribution in [3.8, 4) is 16.8 Å². The van der Waals surface area contributed by atoms with E-state index in [1.54, 1.807) is 0 Å². The predicted octanol–water partition coefficient (Wildman–Crippen LogP) is 6.66. The van der Waals surface area contributed by atoms with Crippen molar-refractivity contribution < 1.29 is 0 Å². The molecule has 0 amide bonds. The zero-order valence-electron chi connectivity index (χ0n) is 13.1. The van der Waals surface area contributed by atoms with Crippen molar-refractivity contribution in [2.45, 2.75) is 23.6 Å². The second kappa shape index (κ2) is 4.52.